The maximum absolute atomic E-state index is 11.9. The molecule has 1 saturated heterocycles. The molecule has 4 heteroatoms. The van der Waals surface area contributed by atoms with E-state index in [0.717, 1.165) is 25.9 Å². The van der Waals surface area contributed by atoms with Gasteiger partial charge in [-0.15, -0.1) is 11.6 Å². The van der Waals surface area contributed by atoms with Crippen molar-refractivity contribution in [3.63, 3.8) is 0 Å². The maximum Gasteiger partial charge on any atom is 0.222 e. The molecule has 1 amide bonds. The molecular formula is C13H24ClNO2. The van der Waals surface area contributed by atoms with Crippen molar-refractivity contribution in [1.82, 2.24) is 5.32 Å². The molecule has 1 aliphatic rings. The van der Waals surface area contributed by atoms with Crippen molar-refractivity contribution in [2.75, 3.05) is 12.5 Å². The van der Waals surface area contributed by atoms with Gasteiger partial charge in [-0.05, 0) is 24.7 Å². The molecule has 0 aromatic carbocycles. The van der Waals surface area contributed by atoms with Crippen molar-refractivity contribution in [2.24, 2.45) is 5.41 Å². The van der Waals surface area contributed by atoms with E-state index in [2.05, 4.69) is 26.1 Å². The Morgan fingerprint density at radius 1 is 1.53 bits per heavy atom. The average molecular weight is 262 g/mol. The summed E-state index contributed by atoms with van der Waals surface area (Å²) in [5, 5.41) is 3.08. The number of halogens is 1. The molecule has 1 rings (SSSR count). The normalized spacial score (nSPS) is 22.5. The minimum atomic E-state index is 0.0427. The number of nitrogens with one attached hydrogen (secondary N) is 1. The Hall–Kier alpha value is -0.280. The van der Waals surface area contributed by atoms with E-state index in [-0.39, 0.29) is 23.5 Å². The lowest BCUT2D eigenvalue weighted by atomic mass is 9.85. The molecule has 2 atom stereocenters. The van der Waals surface area contributed by atoms with Crippen molar-refractivity contribution in [3.05, 3.63) is 0 Å². The van der Waals surface area contributed by atoms with E-state index in [9.17, 15) is 4.79 Å². The van der Waals surface area contributed by atoms with Gasteiger partial charge in [-0.3, -0.25) is 4.79 Å². The van der Waals surface area contributed by atoms with Gasteiger partial charge >= 0.3 is 0 Å². The summed E-state index contributed by atoms with van der Waals surface area (Å²) < 4.78 is 5.46. The van der Waals surface area contributed by atoms with Gasteiger partial charge in [-0.2, -0.15) is 0 Å². The zero-order valence-corrected chi connectivity index (χ0v) is 11.8. The van der Waals surface area contributed by atoms with Crippen LogP contribution < -0.4 is 5.32 Å². The Bertz CT molecular complexity index is 244. The van der Waals surface area contributed by atoms with Gasteiger partial charge in [0.05, 0.1) is 12.5 Å². The number of ether oxygens (including phenoxy) is 1. The molecule has 3 nitrogen and oxygen atoms in total. The molecule has 1 fully saturated rings. The van der Waals surface area contributed by atoms with Gasteiger partial charge in [0.2, 0.25) is 5.91 Å². The van der Waals surface area contributed by atoms with Gasteiger partial charge in [-0.25, -0.2) is 0 Å². The molecule has 2 unspecified atom stereocenters. The molecule has 0 aliphatic carbocycles. The highest BCUT2D eigenvalue weighted by molar-refractivity contribution is 6.17. The predicted molar refractivity (Wildman–Crippen MR) is 70.3 cm³/mol. The highest BCUT2D eigenvalue weighted by Crippen LogP contribution is 2.23. The van der Waals surface area contributed by atoms with E-state index >= 15 is 0 Å². The Morgan fingerprint density at radius 2 is 2.24 bits per heavy atom. The number of carbonyl (C=O) groups is 1. The standard InChI is InChI=1S/C13H24ClNO2/c1-13(2,3)11(6-7-14)15-12(16)9-10-5-4-8-17-10/h10-11H,4-9H2,1-3H3,(H,15,16). The molecule has 0 radical (unpaired) electrons. The van der Waals surface area contributed by atoms with Gasteiger partial charge < -0.3 is 10.1 Å². The van der Waals surface area contributed by atoms with E-state index in [1.807, 2.05) is 0 Å². The van der Waals surface area contributed by atoms with E-state index in [1.54, 1.807) is 0 Å². The Balaban J connectivity index is 2.40. The first kappa shape index (κ1) is 14.8. The van der Waals surface area contributed by atoms with Crippen molar-refractivity contribution >= 4 is 17.5 Å². The molecule has 0 bridgehead atoms. The fourth-order valence-corrected chi connectivity index (χ4v) is 2.31. The largest absolute Gasteiger partial charge is 0.378 e. The van der Waals surface area contributed by atoms with Crippen LogP contribution in [0.3, 0.4) is 0 Å². The van der Waals surface area contributed by atoms with Crippen molar-refractivity contribution in [2.45, 2.75) is 58.6 Å². The number of rotatable bonds is 5. The first-order chi connectivity index (χ1) is 7.93. The molecular weight excluding hydrogens is 238 g/mol. The molecule has 17 heavy (non-hydrogen) atoms. The summed E-state index contributed by atoms with van der Waals surface area (Å²) in [5.74, 6) is 0.657. The first-order valence-electron chi connectivity index (χ1n) is 6.40. The van der Waals surface area contributed by atoms with Crippen LogP contribution in [0.4, 0.5) is 0 Å². The SMILES string of the molecule is CC(C)(C)C(CCCl)NC(=O)CC1CCCO1. The lowest BCUT2D eigenvalue weighted by Crippen LogP contribution is -2.44. The second-order valence-electron chi connectivity index (χ2n) is 5.80. The number of carbonyl (C=O) groups excluding carboxylic acids is 1. The number of hydrogen-bond acceptors (Lipinski definition) is 2. The lowest BCUT2D eigenvalue weighted by Gasteiger charge is -2.31. The molecule has 100 valence electrons. The van der Waals surface area contributed by atoms with E-state index in [4.69, 9.17) is 16.3 Å². The highest BCUT2D eigenvalue weighted by atomic mass is 35.5. The monoisotopic (exact) mass is 261 g/mol. The molecule has 0 aromatic rings. The summed E-state index contributed by atoms with van der Waals surface area (Å²) in [6, 6.07) is 0.133. The van der Waals surface area contributed by atoms with Gasteiger partial charge in [0.1, 0.15) is 0 Å². The van der Waals surface area contributed by atoms with E-state index in [1.165, 1.54) is 0 Å². The summed E-state index contributed by atoms with van der Waals surface area (Å²) in [6.07, 6.45) is 3.48. The van der Waals surface area contributed by atoms with Crippen molar-refractivity contribution in [1.29, 1.82) is 0 Å². The molecule has 0 aromatic heterocycles. The van der Waals surface area contributed by atoms with Crippen LogP contribution in [0.25, 0.3) is 0 Å². The van der Waals surface area contributed by atoms with Crippen LogP contribution in [-0.2, 0) is 9.53 Å². The summed E-state index contributed by atoms with van der Waals surface area (Å²) in [4.78, 5) is 11.9. The van der Waals surface area contributed by atoms with Crippen LogP contribution in [-0.4, -0.2) is 30.5 Å². The Morgan fingerprint density at radius 3 is 2.71 bits per heavy atom. The molecule has 1 N–H and O–H groups in total. The second kappa shape index (κ2) is 6.60. The van der Waals surface area contributed by atoms with Crippen molar-refractivity contribution < 1.29 is 9.53 Å². The topological polar surface area (TPSA) is 38.3 Å². The molecule has 1 heterocycles. The minimum Gasteiger partial charge on any atom is -0.378 e. The zero-order valence-electron chi connectivity index (χ0n) is 11.1. The number of hydrogen-bond donors (Lipinski definition) is 1. The lowest BCUT2D eigenvalue weighted by molar-refractivity contribution is -0.124. The summed E-state index contributed by atoms with van der Waals surface area (Å²) in [7, 11) is 0. The second-order valence-corrected chi connectivity index (χ2v) is 6.18. The van der Waals surface area contributed by atoms with Crippen LogP contribution >= 0.6 is 11.6 Å². The number of amides is 1. The minimum absolute atomic E-state index is 0.0427. The molecule has 1 aliphatic heterocycles. The van der Waals surface area contributed by atoms with Crippen LogP contribution in [0.2, 0.25) is 0 Å². The van der Waals surface area contributed by atoms with Crippen LogP contribution in [0.15, 0.2) is 0 Å². The van der Waals surface area contributed by atoms with E-state index < -0.39 is 0 Å². The quantitative estimate of drug-likeness (QED) is 0.773. The van der Waals surface area contributed by atoms with Crippen LogP contribution in [0.5, 0.6) is 0 Å². The maximum atomic E-state index is 11.9. The summed E-state index contributed by atoms with van der Waals surface area (Å²) in [5.41, 5.74) is 0.0427. The Labute approximate surface area is 109 Å². The third-order valence-electron chi connectivity index (χ3n) is 3.22. The third-order valence-corrected chi connectivity index (χ3v) is 3.43. The van der Waals surface area contributed by atoms with Crippen molar-refractivity contribution in [3.8, 4) is 0 Å². The summed E-state index contributed by atoms with van der Waals surface area (Å²) in [6.45, 7) is 7.16. The fourth-order valence-electron chi connectivity index (χ4n) is 2.10. The number of alkyl halides is 1. The Kier molecular flexibility index (Phi) is 5.74. The van der Waals surface area contributed by atoms with Gasteiger partial charge in [0, 0.05) is 18.5 Å². The van der Waals surface area contributed by atoms with Crippen LogP contribution in [0, 0.1) is 5.41 Å². The van der Waals surface area contributed by atoms with Gasteiger partial charge in [-0.1, -0.05) is 20.8 Å². The van der Waals surface area contributed by atoms with E-state index in [0.29, 0.717) is 12.3 Å². The highest BCUT2D eigenvalue weighted by Gasteiger charge is 2.27. The third kappa shape index (κ3) is 5.26. The zero-order chi connectivity index (χ0) is 12.9. The predicted octanol–water partition coefficient (Wildman–Crippen LogP) is 2.72. The molecule has 0 saturated carbocycles. The molecule has 0 spiro atoms. The fraction of sp³-hybridized carbons (Fsp3) is 0.923. The van der Waals surface area contributed by atoms with Crippen LogP contribution in [0.1, 0.15) is 46.5 Å². The average Bonchev–Trinajstić information content (AvgIpc) is 2.68. The summed E-state index contributed by atoms with van der Waals surface area (Å²) >= 11 is 5.78. The van der Waals surface area contributed by atoms with Gasteiger partial charge in [0.25, 0.3) is 0 Å². The van der Waals surface area contributed by atoms with Gasteiger partial charge in [0.15, 0.2) is 0 Å². The first-order valence-corrected chi connectivity index (χ1v) is 6.94. The smallest absolute Gasteiger partial charge is 0.222 e.